The molecule has 0 atom stereocenters. The highest BCUT2D eigenvalue weighted by Gasteiger charge is 2.18. The van der Waals surface area contributed by atoms with Gasteiger partial charge in [-0.2, -0.15) is 9.78 Å². The number of ether oxygens (including phenoxy) is 1. The Bertz CT molecular complexity index is 1500. The molecule has 0 radical (unpaired) electrons. The summed E-state index contributed by atoms with van der Waals surface area (Å²) in [6, 6.07) is 12.3. The van der Waals surface area contributed by atoms with E-state index in [1.807, 2.05) is 25.1 Å². The summed E-state index contributed by atoms with van der Waals surface area (Å²) in [7, 11) is 1.55. The minimum absolute atomic E-state index is 0.218. The maximum absolute atomic E-state index is 12.7. The first-order valence-corrected chi connectivity index (χ1v) is 13.3. The van der Waals surface area contributed by atoms with E-state index in [0.717, 1.165) is 44.1 Å². The average Bonchev–Trinajstić information content (AvgIpc) is 3.43. The molecule has 13 heteroatoms. The lowest BCUT2D eigenvalue weighted by Crippen LogP contribution is -2.39. The van der Waals surface area contributed by atoms with E-state index in [2.05, 4.69) is 46.2 Å². The summed E-state index contributed by atoms with van der Waals surface area (Å²) in [5, 5.41) is 16.7. The van der Waals surface area contributed by atoms with Gasteiger partial charge in [-0.3, -0.25) is 19.5 Å². The summed E-state index contributed by atoms with van der Waals surface area (Å²) in [5.74, 6) is 1.06. The number of aromatic nitrogens is 5. The first-order valence-electron chi connectivity index (χ1n) is 13.3. The fraction of sp³-hybridized carbons (Fsp3) is 0.286. The number of nitrogens with one attached hydrogen (secondary N) is 4. The van der Waals surface area contributed by atoms with E-state index in [-0.39, 0.29) is 17.5 Å². The number of morpholine rings is 1. The highest BCUT2D eigenvalue weighted by molar-refractivity contribution is 6.04. The third kappa shape index (κ3) is 7.01. The second-order valence-corrected chi connectivity index (χ2v) is 9.39. The predicted octanol–water partition coefficient (Wildman–Crippen LogP) is 2.47. The van der Waals surface area contributed by atoms with E-state index in [4.69, 9.17) is 4.74 Å². The van der Waals surface area contributed by atoms with E-state index in [0.29, 0.717) is 35.2 Å². The number of anilines is 4. The third-order valence-corrected chi connectivity index (χ3v) is 6.58. The van der Waals surface area contributed by atoms with Crippen molar-refractivity contribution in [3.63, 3.8) is 0 Å². The van der Waals surface area contributed by atoms with Crippen LogP contribution in [0.1, 0.15) is 26.4 Å². The Morgan fingerprint density at radius 3 is 2.59 bits per heavy atom. The highest BCUT2D eigenvalue weighted by atomic mass is 16.5. The largest absolute Gasteiger partial charge is 0.379 e. The topological polar surface area (TPSA) is 151 Å². The van der Waals surface area contributed by atoms with Crippen molar-refractivity contribution < 1.29 is 14.3 Å². The number of carbonyl (C=O) groups is 2. The molecule has 1 aliphatic heterocycles. The predicted molar refractivity (Wildman–Crippen MR) is 155 cm³/mol. The smallest absolute Gasteiger partial charge is 0.271 e. The maximum atomic E-state index is 12.7. The number of nitrogens with zero attached hydrogens (tertiary/aromatic N) is 6. The highest BCUT2D eigenvalue weighted by Crippen LogP contribution is 2.27. The van der Waals surface area contributed by atoms with Crippen molar-refractivity contribution >= 4 is 34.8 Å². The van der Waals surface area contributed by atoms with Crippen LogP contribution in [0.25, 0.3) is 5.82 Å². The fourth-order valence-corrected chi connectivity index (χ4v) is 4.29. The van der Waals surface area contributed by atoms with Crippen molar-refractivity contribution in [2.24, 2.45) is 0 Å². The Labute approximate surface area is 237 Å². The summed E-state index contributed by atoms with van der Waals surface area (Å²) < 4.78 is 6.97. The van der Waals surface area contributed by atoms with Crippen LogP contribution in [0.2, 0.25) is 0 Å². The van der Waals surface area contributed by atoms with Gasteiger partial charge in [0.15, 0.2) is 11.5 Å². The third-order valence-electron chi connectivity index (χ3n) is 6.58. The minimum atomic E-state index is -0.334. The zero-order chi connectivity index (χ0) is 28.6. The standard InChI is InChI=1S/C28H32N10O3/c1-19-3-4-21(34-27(39)20-5-7-30-8-6-20)15-22(19)35-26-16-23(28(40)29-2)36-38(26)25-17-24(32-18-33-25)31-9-10-37-11-13-41-14-12-37/h3-8,15-18,35H,9-14H2,1-2H3,(H,29,40)(H,34,39)(H,31,32,33). The zero-order valence-corrected chi connectivity index (χ0v) is 22.9. The van der Waals surface area contributed by atoms with E-state index in [9.17, 15) is 9.59 Å². The van der Waals surface area contributed by atoms with E-state index in [1.165, 1.54) is 6.33 Å². The molecule has 1 aliphatic rings. The maximum Gasteiger partial charge on any atom is 0.271 e. The SMILES string of the molecule is CNC(=O)c1cc(Nc2cc(NC(=O)c3ccncc3)ccc2C)n(-c2cc(NCCN3CCOCC3)ncn2)n1. The van der Waals surface area contributed by atoms with Gasteiger partial charge in [0.2, 0.25) is 0 Å². The van der Waals surface area contributed by atoms with Gasteiger partial charge in [0.05, 0.1) is 13.2 Å². The number of pyridine rings is 1. The van der Waals surface area contributed by atoms with Crippen LogP contribution in [-0.2, 0) is 4.74 Å². The van der Waals surface area contributed by atoms with Crippen LogP contribution < -0.4 is 21.3 Å². The normalized spacial score (nSPS) is 13.4. The molecule has 5 rings (SSSR count). The lowest BCUT2D eigenvalue weighted by Gasteiger charge is -2.26. The van der Waals surface area contributed by atoms with Gasteiger partial charge in [0, 0.05) is 74.7 Å². The molecule has 0 saturated carbocycles. The van der Waals surface area contributed by atoms with E-state index < -0.39 is 0 Å². The van der Waals surface area contributed by atoms with Gasteiger partial charge in [0.25, 0.3) is 11.8 Å². The quantitative estimate of drug-likeness (QED) is 0.229. The van der Waals surface area contributed by atoms with Gasteiger partial charge in [-0.15, -0.1) is 0 Å². The summed E-state index contributed by atoms with van der Waals surface area (Å²) in [4.78, 5) is 40.2. The van der Waals surface area contributed by atoms with Crippen molar-refractivity contribution in [2.45, 2.75) is 6.92 Å². The van der Waals surface area contributed by atoms with Crippen molar-refractivity contribution in [3.8, 4) is 5.82 Å². The molecule has 4 N–H and O–H groups in total. The molecule has 0 unspecified atom stereocenters. The van der Waals surface area contributed by atoms with Crippen LogP contribution in [0.15, 0.2) is 61.2 Å². The Hall–Kier alpha value is -4.88. The first kappa shape index (κ1) is 27.7. The second kappa shape index (κ2) is 13.0. The Morgan fingerprint density at radius 1 is 1.00 bits per heavy atom. The summed E-state index contributed by atoms with van der Waals surface area (Å²) in [5.41, 5.74) is 2.97. The van der Waals surface area contributed by atoms with E-state index in [1.54, 1.807) is 48.4 Å². The molecule has 41 heavy (non-hydrogen) atoms. The molecule has 0 bridgehead atoms. The molecule has 1 fully saturated rings. The summed E-state index contributed by atoms with van der Waals surface area (Å²) in [6.45, 7) is 6.84. The molecular formula is C28H32N10O3. The van der Waals surface area contributed by atoms with Crippen molar-refractivity contribution in [1.29, 1.82) is 0 Å². The molecule has 212 valence electrons. The summed E-state index contributed by atoms with van der Waals surface area (Å²) in [6.07, 6.45) is 4.60. The van der Waals surface area contributed by atoms with Crippen LogP contribution >= 0.6 is 0 Å². The molecular weight excluding hydrogens is 524 g/mol. The number of amides is 2. The lowest BCUT2D eigenvalue weighted by atomic mass is 10.1. The van der Waals surface area contributed by atoms with Gasteiger partial charge in [-0.25, -0.2) is 9.97 Å². The zero-order valence-electron chi connectivity index (χ0n) is 22.9. The summed E-state index contributed by atoms with van der Waals surface area (Å²) >= 11 is 0. The second-order valence-electron chi connectivity index (χ2n) is 9.39. The van der Waals surface area contributed by atoms with Crippen LogP contribution in [0.4, 0.5) is 23.0 Å². The molecule has 13 nitrogen and oxygen atoms in total. The Balaban J connectivity index is 1.36. The van der Waals surface area contributed by atoms with E-state index >= 15 is 0 Å². The average molecular weight is 557 g/mol. The van der Waals surface area contributed by atoms with Crippen LogP contribution in [0, 0.1) is 6.92 Å². The Kier molecular flexibility index (Phi) is 8.76. The number of aryl methyl sites for hydroxylation is 1. The van der Waals surface area contributed by atoms with Gasteiger partial charge in [-0.1, -0.05) is 6.07 Å². The van der Waals surface area contributed by atoms with Gasteiger partial charge >= 0.3 is 0 Å². The molecule has 3 aromatic heterocycles. The van der Waals surface area contributed by atoms with Gasteiger partial charge in [-0.05, 0) is 36.8 Å². The van der Waals surface area contributed by atoms with Gasteiger partial charge in [0.1, 0.15) is 18.0 Å². The number of benzene rings is 1. The molecule has 1 aromatic carbocycles. The van der Waals surface area contributed by atoms with Crippen LogP contribution in [0.3, 0.4) is 0 Å². The van der Waals surface area contributed by atoms with Crippen molar-refractivity contribution in [1.82, 2.24) is 34.9 Å². The Morgan fingerprint density at radius 2 is 1.80 bits per heavy atom. The molecule has 2 amide bonds. The minimum Gasteiger partial charge on any atom is -0.379 e. The van der Waals surface area contributed by atoms with Gasteiger partial charge < -0.3 is 26.0 Å². The first-order chi connectivity index (χ1) is 20.0. The monoisotopic (exact) mass is 556 g/mol. The van der Waals surface area contributed by atoms with Crippen LogP contribution in [0.5, 0.6) is 0 Å². The number of rotatable bonds is 10. The number of carbonyl (C=O) groups excluding carboxylic acids is 2. The fourth-order valence-electron chi connectivity index (χ4n) is 4.29. The molecule has 1 saturated heterocycles. The number of hydrogen-bond donors (Lipinski definition) is 4. The molecule has 0 aliphatic carbocycles. The van der Waals surface area contributed by atoms with Crippen molar-refractivity contribution in [3.05, 3.63) is 78.0 Å². The molecule has 0 spiro atoms. The number of hydrogen-bond acceptors (Lipinski definition) is 10. The lowest BCUT2D eigenvalue weighted by molar-refractivity contribution is 0.0398. The van der Waals surface area contributed by atoms with Crippen LogP contribution in [-0.4, -0.2) is 87.9 Å². The molecule has 4 aromatic rings. The van der Waals surface area contributed by atoms with Crippen molar-refractivity contribution in [2.75, 3.05) is 62.4 Å². The molecule has 4 heterocycles.